The molecule has 34 heavy (non-hydrogen) atoms. The standard InChI is InChI=1S/C24H22FN3O5S/c1-24(8-9-24)23(29)26-14-18-11-16-12-20(25)17(15-32-22-7-10-33-27-22)13-21(16)28(18)34(30,31)19-5-3-2-4-6-19/h2-7,10-13H,8-9,14-15H2,1H3,(H,26,29). The molecule has 1 amide bonds. The van der Waals surface area contributed by atoms with Crippen molar-refractivity contribution in [2.45, 2.75) is 37.8 Å². The van der Waals surface area contributed by atoms with Crippen molar-refractivity contribution < 1.29 is 26.9 Å². The Hall–Kier alpha value is -3.66. The van der Waals surface area contributed by atoms with Crippen LogP contribution in [0.1, 0.15) is 31.0 Å². The maximum atomic E-state index is 14.8. The number of benzene rings is 2. The number of carbonyl (C=O) groups is 1. The largest absolute Gasteiger partial charge is 0.471 e. The van der Waals surface area contributed by atoms with Gasteiger partial charge in [-0.25, -0.2) is 16.8 Å². The number of rotatable bonds is 8. The van der Waals surface area contributed by atoms with Gasteiger partial charge in [0, 0.05) is 22.4 Å². The molecule has 2 aromatic heterocycles. The van der Waals surface area contributed by atoms with E-state index in [2.05, 4.69) is 10.5 Å². The van der Waals surface area contributed by atoms with E-state index in [0.717, 1.165) is 16.8 Å². The van der Waals surface area contributed by atoms with Gasteiger partial charge in [-0.15, -0.1) is 0 Å². The smallest absolute Gasteiger partial charge is 0.268 e. The molecule has 0 atom stereocenters. The number of hydrogen-bond acceptors (Lipinski definition) is 6. The minimum atomic E-state index is -4.03. The molecular weight excluding hydrogens is 461 g/mol. The van der Waals surface area contributed by atoms with Gasteiger partial charge < -0.3 is 14.6 Å². The molecule has 0 radical (unpaired) electrons. The molecule has 0 saturated heterocycles. The number of nitrogens with one attached hydrogen (secondary N) is 1. The van der Waals surface area contributed by atoms with Crippen molar-refractivity contribution >= 4 is 26.8 Å². The summed E-state index contributed by atoms with van der Waals surface area (Å²) in [5.41, 5.74) is 0.350. The van der Waals surface area contributed by atoms with Gasteiger partial charge in [0.25, 0.3) is 15.9 Å². The van der Waals surface area contributed by atoms with E-state index < -0.39 is 21.3 Å². The molecule has 8 nitrogen and oxygen atoms in total. The summed E-state index contributed by atoms with van der Waals surface area (Å²) in [6.07, 6.45) is 2.92. The predicted molar refractivity (Wildman–Crippen MR) is 121 cm³/mol. The number of amides is 1. The van der Waals surface area contributed by atoms with Crippen LogP contribution in [0.5, 0.6) is 5.88 Å². The highest BCUT2D eigenvalue weighted by atomic mass is 32.2. The van der Waals surface area contributed by atoms with E-state index in [1.54, 1.807) is 24.3 Å². The molecule has 0 bridgehead atoms. The molecule has 2 aromatic carbocycles. The summed E-state index contributed by atoms with van der Waals surface area (Å²) in [7, 11) is -4.03. The Morgan fingerprint density at radius 2 is 1.97 bits per heavy atom. The lowest BCUT2D eigenvalue weighted by Gasteiger charge is -2.14. The van der Waals surface area contributed by atoms with Gasteiger partial charge in [-0.2, -0.15) is 0 Å². The molecule has 1 saturated carbocycles. The van der Waals surface area contributed by atoms with Crippen LogP contribution in [-0.2, 0) is 28.0 Å². The van der Waals surface area contributed by atoms with Crippen LogP contribution in [0.3, 0.4) is 0 Å². The average Bonchev–Trinajstić information content (AvgIpc) is 3.22. The lowest BCUT2D eigenvalue weighted by Crippen LogP contribution is -2.31. The maximum absolute atomic E-state index is 14.8. The average molecular weight is 484 g/mol. The van der Waals surface area contributed by atoms with Crippen LogP contribution in [-0.4, -0.2) is 23.5 Å². The number of aromatic nitrogens is 2. The highest BCUT2D eigenvalue weighted by molar-refractivity contribution is 7.90. The molecule has 1 N–H and O–H groups in total. The van der Waals surface area contributed by atoms with Gasteiger partial charge in [0.1, 0.15) is 18.7 Å². The summed E-state index contributed by atoms with van der Waals surface area (Å²) < 4.78 is 53.4. The number of hydrogen-bond donors (Lipinski definition) is 1. The van der Waals surface area contributed by atoms with E-state index in [4.69, 9.17) is 9.26 Å². The Balaban J connectivity index is 1.58. The zero-order valence-corrected chi connectivity index (χ0v) is 19.1. The van der Waals surface area contributed by atoms with E-state index in [1.807, 2.05) is 6.92 Å². The monoisotopic (exact) mass is 483 g/mol. The molecule has 2 heterocycles. The van der Waals surface area contributed by atoms with Crippen LogP contribution >= 0.6 is 0 Å². The molecule has 0 unspecified atom stereocenters. The summed E-state index contributed by atoms with van der Waals surface area (Å²) in [4.78, 5) is 12.6. The van der Waals surface area contributed by atoms with Crippen molar-refractivity contribution in [3.63, 3.8) is 0 Å². The second-order valence-electron chi connectivity index (χ2n) is 8.59. The predicted octanol–water partition coefficient (Wildman–Crippen LogP) is 4.00. The summed E-state index contributed by atoms with van der Waals surface area (Å²) >= 11 is 0. The molecule has 1 aliphatic rings. The molecule has 1 aliphatic carbocycles. The molecule has 1 fully saturated rings. The third-order valence-electron chi connectivity index (χ3n) is 6.05. The number of halogens is 1. The highest BCUT2D eigenvalue weighted by Crippen LogP contribution is 2.45. The first-order chi connectivity index (χ1) is 16.3. The first kappa shape index (κ1) is 22.1. The lowest BCUT2D eigenvalue weighted by molar-refractivity contribution is -0.125. The van der Waals surface area contributed by atoms with Gasteiger partial charge in [-0.05, 0) is 48.3 Å². The van der Waals surface area contributed by atoms with Gasteiger partial charge >= 0.3 is 0 Å². The Kier molecular flexibility index (Phi) is 5.40. The zero-order valence-electron chi connectivity index (χ0n) is 18.3. The van der Waals surface area contributed by atoms with E-state index in [9.17, 15) is 17.6 Å². The summed E-state index contributed by atoms with van der Waals surface area (Å²) in [5, 5.41) is 6.86. The third kappa shape index (κ3) is 4.05. The second-order valence-corrected chi connectivity index (χ2v) is 10.4. The van der Waals surface area contributed by atoms with Crippen LogP contribution in [0.4, 0.5) is 4.39 Å². The van der Waals surface area contributed by atoms with Crippen molar-refractivity contribution in [1.29, 1.82) is 0 Å². The van der Waals surface area contributed by atoms with Gasteiger partial charge in [-0.3, -0.25) is 4.79 Å². The Bertz CT molecular complexity index is 1460. The zero-order chi connectivity index (χ0) is 23.9. The Labute approximate surface area is 195 Å². The van der Waals surface area contributed by atoms with Crippen molar-refractivity contribution in [3.05, 3.63) is 77.9 Å². The minimum Gasteiger partial charge on any atom is -0.471 e. The van der Waals surface area contributed by atoms with E-state index >= 15 is 0 Å². The van der Waals surface area contributed by atoms with E-state index in [1.165, 1.54) is 36.6 Å². The lowest BCUT2D eigenvalue weighted by atomic mass is 10.1. The second kappa shape index (κ2) is 8.28. The van der Waals surface area contributed by atoms with E-state index in [0.29, 0.717) is 11.1 Å². The molecule has 5 rings (SSSR count). The fourth-order valence-corrected chi connectivity index (χ4v) is 5.30. The Morgan fingerprint density at radius 3 is 2.65 bits per heavy atom. The highest BCUT2D eigenvalue weighted by Gasteiger charge is 2.44. The normalized spacial score (nSPS) is 14.8. The first-order valence-electron chi connectivity index (χ1n) is 10.7. The van der Waals surface area contributed by atoms with Crippen LogP contribution < -0.4 is 10.1 Å². The van der Waals surface area contributed by atoms with Crippen LogP contribution in [0.2, 0.25) is 0 Å². The number of nitrogens with zero attached hydrogens (tertiary/aromatic N) is 2. The summed E-state index contributed by atoms with van der Waals surface area (Å²) in [5.74, 6) is -0.496. The molecule has 0 spiro atoms. The minimum absolute atomic E-state index is 0.0123. The molecule has 176 valence electrons. The number of carbonyl (C=O) groups excluding carboxylic acids is 1. The van der Waals surface area contributed by atoms with Crippen LogP contribution in [0, 0.1) is 11.2 Å². The van der Waals surface area contributed by atoms with Gasteiger partial charge in [-0.1, -0.05) is 25.1 Å². The first-order valence-corrected chi connectivity index (χ1v) is 12.2. The summed E-state index contributed by atoms with van der Waals surface area (Å²) in [6.45, 7) is 1.69. The van der Waals surface area contributed by atoms with Gasteiger partial charge in [0.2, 0.25) is 5.91 Å². The van der Waals surface area contributed by atoms with E-state index in [-0.39, 0.29) is 40.9 Å². The van der Waals surface area contributed by atoms with Crippen molar-refractivity contribution in [1.82, 2.24) is 14.4 Å². The van der Waals surface area contributed by atoms with Gasteiger partial charge in [0.05, 0.1) is 22.7 Å². The van der Waals surface area contributed by atoms with Crippen molar-refractivity contribution in [2.75, 3.05) is 0 Å². The van der Waals surface area contributed by atoms with Crippen LogP contribution in [0.15, 0.2) is 70.3 Å². The number of fused-ring (bicyclic) bond motifs is 1. The third-order valence-corrected chi connectivity index (χ3v) is 7.83. The maximum Gasteiger partial charge on any atom is 0.268 e. The fourth-order valence-electron chi connectivity index (χ4n) is 3.75. The Morgan fingerprint density at radius 1 is 1.21 bits per heavy atom. The molecular formula is C24H22FN3O5S. The molecule has 10 heteroatoms. The molecule has 4 aromatic rings. The quantitative estimate of drug-likeness (QED) is 0.406. The number of ether oxygens (including phenoxy) is 1. The SMILES string of the molecule is CC1(C(=O)NCc2cc3cc(F)c(COc4ccon4)cc3n2S(=O)(=O)c2ccccc2)CC1. The van der Waals surface area contributed by atoms with Crippen molar-refractivity contribution in [3.8, 4) is 5.88 Å². The van der Waals surface area contributed by atoms with Crippen molar-refractivity contribution in [2.24, 2.45) is 5.41 Å². The van der Waals surface area contributed by atoms with Crippen LogP contribution in [0.25, 0.3) is 10.9 Å². The fraction of sp³-hybridized carbons (Fsp3) is 0.250. The molecule has 0 aliphatic heterocycles. The topological polar surface area (TPSA) is 103 Å². The summed E-state index contributed by atoms with van der Waals surface area (Å²) in [6, 6.07) is 13.7. The van der Waals surface area contributed by atoms with Gasteiger partial charge in [0.15, 0.2) is 0 Å².